The van der Waals surface area contributed by atoms with Gasteiger partial charge in [0.25, 0.3) is 0 Å². The average molecular weight is 733 g/mol. The number of rotatable bonds is 5. The summed E-state index contributed by atoms with van der Waals surface area (Å²) in [5.41, 5.74) is 12.4. The molecule has 3 aromatic heterocycles. The summed E-state index contributed by atoms with van der Waals surface area (Å²) < 4.78 is 15.4. The molecule has 0 bridgehead atoms. The van der Waals surface area contributed by atoms with E-state index in [1.807, 2.05) is 36.4 Å². The fourth-order valence-electron chi connectivity index (χ4n) is 8.77. The molecule has 1 aliphatic carbocycles. The first-order chi connectivity index (χ1) is 28.2. The molecule has 4 heterocycles. The Morgan fingerprint density at radius 3 is 1.93 bits per heavy atom. The molecule has 0 spiro atoms. The largest absolute Gasteiger partial charge is 0.484 e. The summed E-state index contributed by atoms with van der Waals surface area (Å²) in [6, 6.07) is 58.6. The van der Waals surface area contributed by atoms with Crippen LogP contribution >= 0.6 is 0 Å². The van der Waals surface area contributed by atoms with Crippen LogP contribution in [0.2, 0.25) is 0 Å². The van der Waals surface area contributed by atoms with E-state index in [0.717, 1.165) is 72.5 Å². The second-order valence-corrected chi connectivity index (χ2v) is 14.7. The molecule has 6 heteroatoms. The van der Waals surface area contributed by atoms with E-state index in [4.69, 9.17) is 24.1 Å². The van der Waals surface area contributed by atoms with E-state index in [0.29, 0.717) is 17.5 Å². The Balaban J connectivity index is 0.994. The molecule has 2 aliphatic rings. The van der Waals surface area contributed by atoms with Crippen molar-refractivity contribution in [1.29, 1.82) is 0 Å². The molecule has 0 saturated heterocycles. The maximum Gasteiger partial charge on any atom is 0.164 e. The molecule has 10 aromatic rings. The summed E-state index contributed by atoms with van der Waals surface area (Å²) in [5.74, 6) is 2.71. The van der Waals surface area contributed by atoms with Crippen LogP contribution in [0, 0.1) is 0 Å². The molecule has 0 amide bonds. The molecule has 57 heavy (non-hydrogen) atoms. The quantitative estimate of drug-likeness (QED) is 0.176. The maximum absolute atomic E-state index is 6.87. The number of para-hydroxylation sites is 3. The van der Waals surface area contributed by atoms with Crippen LogP contribution in [0.5, 0.6) is 5.75 Å². The van der Waals surface area contributed by atoms with Crippen LogP contribution in [0.15, 0.2) is 180 Å². The standard InChI is InChI=1S/C51H32N4O2/c1-3-12-31(13-4-1)32-14-11-15-33(28-32)49-52-50(34-22-26-45-40(29-34)37-18-8-10-21-44(37)56-45)54-51(53-49)35-23-27-46-41(30-35)38-24-25-43-47(48(38)57-46)39-19-7-9-20-42(39)55(43)36-16-5-2-6-17-36/h1-30,38,48H. The zero-order valence-electron chi connectivity index (χ0n) is 30.6. The molecule has 12 rings (SSSR count). The molecule has 0 N–H and O–H groups in total. The van der Waals surface area contributed by atoms with Crippen molar-refractivity contribution < 1.29 is 9.15 Å². The first kappa shape index (κ1) is 31.7. The minimum atomic E-state index is -0.160. The Labute approximate surface area is 328 Å². The van der Waals surface area contributed by atoms with Gasteiger partial charge in [0.1, 0.15) is 23.0 Å². The highest BCUT2D eigenvalue weighted by Gasteiger charge is 2.40. The van der Waals surface area contributed by atoms with Gasteiger partial charge in [-0.1, -0.05) is 109 Å². The fourth-order valence-corrected chi connectivity index (χ4v) is 8.77. The number of aromatic nitrogens is 4. The number of benzene rings is 7. The lowest BCUT2D eigenvalue weighted by Gasteiger charge is -2.22. The van der Waals surface area contributed by atoms with Gasteiger partial charge in [0.15, 0.2) is 17.5 Å². The second-order valence-electron chi connectivity index (χ2n) is 14.7. The van der Waals surface area contributed by atoms with Gasteiger partial charge in [0.05, 0.1) is 11.2 Å². The van der Waals surface area contributed by atoms with Gasteiger partial charge in [-0.2, -0.15) is 0 Å². The van der Waals surface area contributed by atoms with Crippen molar-refractivity contribution in [3.8, 4) is 56.7 Å². The van der Waals surface area contributed by atoms with Crippen molar-refractivity contribution in [2.24, 2.45) is 0 Å². The number of furan rings is 1. The lowest BCUT2D eigenvalue weighted by molar-refractivity contribution is 0.224. The molecule has 6 nitrogen and oxygen atoms in total. The van der Waals surface area contributed by atoms with Crippen LogP contribution < -0.4 is 4.74 Å². The highest BCUT2D eigenvalue weighted by Crippen LogP contribution is 2.53. The van der Waals surface area contributed by atoms with Crippen molar-refractivity contribution in [1.82, 2.24) is 19.5 Å². The summed E-state index contributed by atoms with van der Waals surface area (Å²) in [6.45, 7) is 0. The molecule has 7 aromatic carbocycles. The molecule has 0 radical (unpaired) electrons. The Hall–Kier alpha value is -7.57. The normalized spacial score (nSPS) is 15.4. The maximum atomic E-state index is 6.87. The van der Waals surface area contributed by atoms with Gasteiger partial charge in [-0.15, -0.1) is 0 Å². The first-order valence-electron chi connectivity index (χ1n) is 19.3. The summed E-state index contributed by atoms with van der Waals surface area (Å²) >= 11 is 0. The van der Waals surface area contributed by atoms with Gasteiger partial charge < -0.3 is 13.7 Å². The average Bonchev–Trinajstić information content (AvgIpc) is 3.96. The molecule has 0 saturated carbocycles. The van der Waals surface area contributed by atoms with Crippen LogP contribution in [0.4, 0.5) is 0 Å². The van der Waals surface area contributed by atoms with Gasteiger partial charge in [-0.25, -0.2) is 15.0 Å². The molecule has 1 aliphatic heterocycles. The number of hydrogen-bond donors (Lipinski definition) is 0. The highest BCUT2D eigenvalue weighted by atomic mass is 16.5. The minimum Gasteiger partial charge on any atom is -0.484 e. The van der Waals surface area contributed by atoms with E-state index < -0.39 is 0 Å². The Morgan fingerprint density at radius 1 is 0.474 bits per heavy atom. The van der Waals surface area contributed by atoms with E-state index in [2.05, 4.69) is 150 Å². The van der Waals surface area contributed by atoms with Gasteiger partial charge in [-0.3, -0.25) is 0 Å². The fraction of sp³-hybridized carbons (Fsp3) is 0.0392. The molecule has 2 atom stereocenters. The van der Waals surface area contributed by atoms with Gasteiger partial charge >= 0.3 is 0 Å². The van der Waals surface area contributed by atoms with Crippen molar-refractivity contribution in [2.45, 2.75) is 12.0 Å². The lowest BCUT2D eigenvalue weighted by atomic mass is 9.85. The van der Waals surface area contributed by atoms with E-state index in [1.165, 1.54) is 16.5 Å². The van der Waals surface area contributed by atoms with Gasteiger partial charge in [0.2, 0.25) is 0 Å². The molecular formula is C51H32N4O2. The van der Waals surface area contributed by atoms with E-state index in [-0.39, 0.29) is 12.0 Å². The molecule has 0 fully saturated rings. The van der Waals surface area contributed by atoms with Crippen molar-refractivity contribution >= 4 is 38.9 Å². The molecular weight excluding hydrogens is 701 g/mol. The van der Waals surface area contributed by atoms with E-state index in [9.17, 15) is 0 Å². The van der Waals surface area contributed by atoms with Gasteiger partial charge in [-0.05, 0) is 83.9 Å². The third-order valence-corrected chi connectivity index (χ3v) is 11.4. The monoisotopic (exact) mass is 732 g/mol. The number of ether oxygens (including phenoxy) is 1. The van der Waals surface area contributed by atoms with Crippen LogP contribution in [0.1, 0.15) is 28.8 Å². The van der Waals surface area contributed by atoms with Crippen LogP contribution in [0.3, 0.4) is 0 Å². The highest BCUT2D eigenvalue weighted by molar-refractivity contribution is 6.06. The summed E-state index contributed by atoms with van der Waals surface area (Å²) in [5, 5.41) is 3.29. The predicted molar refractivity (Wildman–Crippen MR) is 227 cm³/mol. The zero-order chi connectivity index (χ0) is 37.5. The third-order valence-electron chi connectivity index (χ3n) is 11.4. The van der Waals surface area contributed by atoms with Crippen molar-refractivity contribution in [3.05, 3.63) is 193 Å². The lowest BCUT2D eigenvalue weighted by Crippen LogP contribution is -2.13. The SMILES string of the molecule is C1=CC2c3cc(-c4nc(-c5cccc(-c6ccccc6)c5)nc(-c5ccc6oc7ccccc7c6c5)n4)ccc3OC2c2c1n(-c1ccccc1)c1ccccc21. The topological polar surface area (TPSA) is 66.0 Å². The summed E-state index contributed by atoms with van der Waals surface area (Å²) in [7, 11) is 0. The van der Waals surface area contributed by atoms with E-state index in [1.54, 1.807) is 0 Å². The number of fused-ring (bicyclic) bond motifs is 10. The molecule has 268 valence electrons. The van der Waals surface area contributed by atoms with Crippen molar-refractivity contribution in [3.63, 3.8) is 0 Å². The van der Waals surface area contributed by atoms with Crippen LogP contribution in [-0.2, 0) is 0 Å². The Kier molecular flexibility index (Phi) is 6.95. The Bertz CT molecular complexity index is 3240. The van der Waals surface area contributed by atoms with E-state index >= 15 is 0 Å². The number of nitrogens with zero attached hydrogens (tertiary/aromatic N) is 4. The minimum absolute atomic E-state index is 0.0302. The summed E-state index contributed by atoms with van der Waals surface area (Å²) in [6.07, 6.45) is 4.40. The zero-order valence-corrected chi connectivity index (χ0v) is 30.6. The first-order valence-corrected chi connectivity index (χ1v) is 19.3. The smallest absolute Gasteiger partial charge is 0.164 e. The third kappa shape index (κ3) is 5.07. The van der Waals surface area contributed by atoms with Crippen LogP contribution in [-0.4, -0.2) is 19.5 Å². The van der Waals surface area contributed by atoms with Gasteiger partial charge in [0, 0.05) is 55.6 Å². The molecule has 2 unspecified atom stereocenters. The predicted octanol–water partition coefficient (Wildman–Crippen LogP) is 12.6. The van der Waals surface area contributed by atoms with Crippen LogP contribution in [0.25, 0.3) is 89.9 Å². The van der Waals surface area contributed by atoms with Crippen molar-refractivity contribution in [2.75, 3.05) is 0 Å². The Morgan fingerprint density at radius 2 is 1.11 bits per heavy atom. The second kappa shape index (κ2) is 12.5. The number of hydrogen-bond acceptors (Lipinski definition) is 5. The summed E-state index contributed by atoms with van der Waals surface area (Å²) in [4.78, 5) is 15.5.